The molecule has 24 heavy (non-hydrogen) atoms. The summed E-state index contributed by atoms with van der Waals surface area (Å²) in [6, 6.07) is 5.25. The van der Waals surface area contributed by atoms with Gasteiger partial charge in [0.25, 0.3) is 11.5 Å². The lowest BCUT2D eigenvalue weighted by molar-refractivity contribution is 0.0742. The molecule has 0 saturated carbocycles. The van der Waals surface area contributed by atoms with Gasteiger partial charge in [-0.25, -0.2) is 4.39 Å². The van der Waals surface area contributed by atoms with E-state index in [0.717, 1.165) is 0 Å². The molecule has 0 unspecified atom stereocenters. The Balaban J connectivity index is 1.71. The summed E-state index contributed by atoms with van der Waals surface area (Å²) in [5, 5.41) is 0.307. The number of aromatic nitrogens is 2. The largest absolute Gasteiger partial charge is 0.369 e. The van der Waals surface area contributed by atoms with Gasteiger partial charge < -0.3 is 15.5 Å². The van der Waals surface area contributed by atoms with Crippen molar-refractivity contribution in [1.82, 2.24) is 14.9 Å². The van der Waals surface area contributed by atoms with E-state index in [1.54, 1.807) is 4.90 Å². The van der Waals surface area contributed by atoms with E-state index in [4.69, 9.17) is 17.3 Å². The molecule has 1 amide bonds. The molecule has 1 saturated heterocycles. The molecule has 1 fully saturated rings. The van der Waals surface area contributed by atoms with Crippen LogP contribution in [0.2, 0.25) is 5.02 Å². The van der Waals surface area contributed by atoms with Gasteiger partial charge >= 0.3 is 0 Å². The molecular weight excluding hydrogens is 337 g/mol. The van der Waals surface area contributed by atoms with E-state index in [2.05, 4.69) is 9.97 Å². The first-order chi connectivity index (χ1) is 11.4. The molecule has 9 heteroatoms. The monoisotopic (exact) mass is 351 g/mol. The highest BCUT2D eigenvalue weighted by Gasteiger charge is 2.25. The van der Waals surface area contributed by atoms with Crippen LogP contribution in [0.3, 0.4) is 0 Å². The number of amides is 1. The normalized spacial score (nSPS) is 14.8. The third-order valence-corrected chi connectivity index (χ3v) is 4.03. The van der Waals surface area contributed by atoms with Crippen molar-refractivity contribution in [2.45, 2.75) is 0 Å². The molecular formula is C15H15ClFN5O2. The smallest absolute Gasteiger partial charge is 0.257 e. The van der Waals surface area contributed by atoms with Crippen LogP contribution >= 0.6 is 11.6 Å². The molecule has 1 aliphatic rings. The number of nitrogens with zero attached hydrogens (tertiary/aromatic N) is 3. The molecule has 0 bridgehead atoms. The highest BCUT2D eigenvalue weighted by atomic mass is 35.5. The van der Waals surface area contributed by atoms with E-state index in [1.807, 2.05) is 4.90 Å². The van der Waals surface area contributed by atoms with E-state index >= 15 is 0 Å². The maximum absolute atomic E-state index is 13.8. The minimum absolute atomic E-state index is 0.0389. The summed E-state index contributed by atoms with van der Waals surface area (Å²) in [6.07, 6.45) is 0. The molecule has 0 radical (unpaired) electrons. The van der Waals surface area contributed by atoms with E-state index < -0.39 is 11.7 Å². The number of nitrogens with two attached hydrogens (primary N) is 1. The van der Waals surface area contributed by atoms with Crippen molar-refractivity contribution in [1.29, 1.82) is 0 Å². The Morgan fingerprint density at radius 3 is 2.62 bits per heavy atom. The number of benzene rings is 1. The number of carbonyl (C=O) groups is 1. The van der Waals surface area contributed by atoms with E-state index in [-0.39, 0.29) is 17.1 Å². The fourth-order valence-corrected chi connectivity index (χ4v) is 2.77. The number of hydrogen-bond donors (Lipinski definition) is 2. The molecule has 126 valence electrons. The van der Waals surface area contributed by atoms with Gasteiger partial charge in [0.05, 0.1) is 5.56 Å². The average molecular weight is 352 g/mol. The van der Waals surface area contributed by atoms with Gasteiger partial charge in [-0.05, 0) is 18.2 Å². The third-order valence-electron chi connectivity index (χ3n) is 3.80. The number of piperazine rings is 1. The molecule has 0 atom stereocenters. The van der Waals surface area contributed by atoms with Crippen molar-refractivity contribution >= 4 is 29.3 Å². The highest BCUT2D eigenvalue weighted by molar-refractivity contribution is 6.31. The zero-order valence-corrected chi connectivity index (χ0v) is 13.4. The van der Waals surface area contributed by atoms with Crippen LogP contribution in [0.1, 0.15) is 10.4 Å². The summed E-state index contributed by atoms with van der Waals surface area (Å²) in [5.41, 5.74) is 5.15. The molecule has 2 heterocycles. The molecule has 1 aliphatic heterocycles. The van der Waals surface area contributed by atoms with Crippen LogP contribution in [0.15, 0.2) is 29.1 Å². The second-order valence-corrected chi connectivity index (χ2v) is 5.83. The Kier molecular flexibility index (Phi) is 4.39. The Labute approximate surface area is 141 Å². The van der Waals surface area contributed by atoms with Crippen LogP contribution in [0.25, 0.3) is 0 Å². The van der Waals surface area contributed by atoms with Gasteiger partial charge in [0.2, 0.25) is 5.95 Å². The predicted octanol–water partition coefficient (Wildman–Crippen LogP) is 1.11. The Morgan fingerprint density at radius 1 is 1.25 bits per heavy atom. The summed E-state index contributed by atoms with van der Waals surface area (Å²) in [5.74, 6) is -0.516. The first-order valence-electron chi connectivity index (χ1n) is 7.30. The molecule has 1 aromatic carbocycles. The first-order valence-corrected chi connectivity index (χ1v) is 7.68. The van der Waals surface area contributed by atoms with Crippen LogP contribution in [0.5, 0.6) is 0 Å². The number of anilines is 2. The fraction of sp³-hybridized carbons (Fsp3) is 0.267. The lowest BCUT2D eigenvalue weighted by Crippen LogP contribution is -2.49. The number of H-pyrrole nitrogens is 1. The molecule has 0 aliphatic carbocycles. The predicted molar refractivity (Wildman–Crippen MR) is 88.8 cm³/mol. The first kappa shape index (κ1) is 16.3. The second-order valence-electron chi connectivity index (χ2n) is 5.39. The van der Waals surface area contributed by atoms with Gasteiger partial charge in [0, 0.05) is 37.3 Å². The van der Waals surface area contributed by atoms with Crippen molar-refractivity contribution < 1.29 is 9.18 Å². The lowest BCUT2D eigenvalue weighted by atomic mass is 10.1. The maximum atomic E-state index is 13.8. The number of carbonyl (C=O) groups excluding carboxylic acids is 1. The molecule has 7 nitrogen and oxygen atoms in total. The quantitative estimate of drug-likeness (QED) is 0.845. The van der Waals surface area contributed by atoms with Gasteiger partial charge in [-0.3, -0.25) is 14.6 Å². The number of aromatic amines is 1. The Morgan fingerprint density at radius 2 is 1.96 bits per heavy atom. The van der Waals surface area contributed by atoms with Crippen LogP contribution < -0.4 is 16.2 Å². The molecule has 3 N–H and O–H groups in total. The average Bonchev–Trinajstić information content (AvgIpc) is 2.56. The van der Waals surface area contributed by atoms with Crippen molar-refractivity contribution in [3.8, 4) is 0 Å². The highest BCUT2D eigenvalue weighted by Crippen LogP contribution is 2.19. The van der Waals surface area contributed by atoms with Gasteiger partial charge in [0.1, 0.15) is 11.6 Å². The van der Waals surface area contributed by atoms with Crippen LogP contribution in [-0.4, -0.2) is 47.0 Å². The van der Waals surface area contributed by atoms with Crippen molar-refractivity contribution in [3.63, 3.8) is 0 Å². The number of rotatable bonds is 2. The second kappa shape index (κ2) is 6.48. The van der Waals surface area contributed by atoms with Gasteiger partial charge in [-0.2, -0.15) is 4.98 Å². The van der Waals surface area contributed by atoms with Crippen LogP contribution in [-0.2, 0) is 0 Å². The van der Waals surface area contributed by atoms with Crippen molar-refractivity contribution in [2.24, 2.45) is 0 Å². The van der Waals surface area contributed by atoms with Crippen LogP contribution in [0.4, 0.5) is 16.2 Å². The number of hydrogen-bond acceptors (Lipinski definition) is 5. The Bertz CT molecular complexity index is 833. The number of nitrogens with one attached hydrogen (secondary N) is 1. The molecule has 2 aromatic rings. The number of halogens is 2. The van der Waals surface area contributed by atoms with Gasteiger partial charge in [-0.15, -0.1) is 0 Å². The fourth-order valence-electron chi connectivity index (χ4n) is 2.60. The van der Waals surface area contributed by atoms with Crippen LogP contribution in [0, 0.1) is 5.82 Å². The topological polar surface area (TPSA) is 95.3 Å². The zero-order chi connectivity index (χ0) is 17.3. The minimum atomic E-state index is -0.601. The summed E-state index contributed by atoms with van der Waals surface area (Å²) in [6.45, 7) is 1.67. The third kappa shape index (κ3) is 3.33. The molecule has 3 rings (SSSR count). The molecule has 0 spiro atoms. The summed E-state index contributed by atoms with van der Waals surface area (Å²) >= 11 is 5.83. The van der Waals surface area contributed by atoms with Gasteiger partial charge in [0.15, 0.2) is 0 Å². The maximum Gasteiger partial charge on any atom is 0.257 e. The van der Waals surface area contributed by atoms with E-state index in [9.17, 15) is 14.0 Å². The Hall–Kier alpha value is -2.61. The van der Waals surface area contributed by atoms with E-state index in [0.29, 0.717) is 37.0 Å². The van der Waals surface area contributed by atoms with Gasteiger partial charge in [-0.1, -0.05) is 11.6 Å². The lowest BCUT2D eigenvalue weighted by Gasteiger charge is -2.35. The zero-order valence-electron chi connectivity index (χ0n) is 12.6. The SMILES string of the molecule is Nc1nc(N2CCN(C(=O)c3cc(Cl)ccc3F)CC2)cc(=O)[nH]1. The van der Waals surface area contributed by atoms with E-state index in [1.165, 1.54) is 24.3 Å². The summed E-state index contributed by atoms with van der Waals surface area (Å²) in [4.78, 5) is 33.8. The summed E-state index contributed by atoms with van der Waals surface area (Å²) in [7, 11) is 0. The minimum Gasteiger partial charge on any atom is -0.369 e. The van der Waals surface area contributed by atoms with Crippen molar-refractivity contribution in [3.05, 3.63) is 51.0 Å². The molecule has 1 aromatic heterocycles. The standard InChI is InChI=1S/C15H15ClFN5O2/c16-9-1-2-11(17)10(7-9)14(24)22-5-3-21(4-6-22)12-8-13(23)20-15(18)19-12/h1-2,7-8H,3-6H2,(H3,18,19,20,23). The number of nitrogen functional groups attached to an aromatic ring is 1. The summed E-state index contributed by atoms with van der Waals surface area (Å²) < 4.78 is 13.8. The van der Waals surface area contributed by atoms with Crippen molar-refractivity contribution in [2.75, 3.05) is 36.8 Å².